The molecular weight excluding hydrogens is 594 g/mol. The first-order valence-corrected chi connectivity index (χ1v) is 16.8. The molecule has 0 aliphatic rings. The molecule has 0 bridgehead atoms. The molecule has 0 aliphatic carbocycles. The van der Waals surface area contributed by atoms with Crippen LogP contribution in [0.15, 0.2) is 82.6 Å². The van der Waals surface area contributed by atoms with Crippen molar-refractivity contribution in [1.29, 1.82) is 0 Å². The van der Waals surface area contributed by atoms with Crippen LogP contribution >= 0.6 is 23.4 Å². The Morgan fingerprint density at radius 3 is 2.24 bits per heavy atom. The Bertz CT molecular complexity index is 1470. The van der Waals surface area contributed by atoms with Gasteiger partial charge in [0.1, 0.15) is 18.3 Å². The number of ether oxygens (including phenoxy) is 1. The van der Waals surface area contributed by atoms with Gasteiger partial charge in [-0.25, -0.2) is 8.42 Å². The van der Waals surface area contributed by atoms with E-state index < -0.39 is 28.5 Å². The highest BCUT2D eigenvalue weighted by Crippen LogP contribution is 2.33. The Labute approximate surface area is 258 Å². The van der Waals surface area contributed by atoms with Crippen molar-refractivity contribution in [1.82, 2.24) is 10.2 Å². The topological polar surface area (TPSA) is 96.0 Å². The van der Waals surface area contributed by atoms with Crippen molar-refractivity contribution < 1.29 is 22.7 Å². The third-order valence-electron chi connectivity index (χ3n) is 6.83. The molecule has 2 unspecified atom stereocenters. The first-order chi connectivity index (χ1) is 20.0. The van der Waals surface area contributed by atoms with E-state index >= 15 is 0 Å². The van der Waals surface area contributed by atoms with E-state index in [1.807, 2.05) is 20.1 Å². The van der Waals surface area contributed by atoms with Gasteiger partial charge in [0, 0.05) is 22.5 Å². The summed E-state index contributed by atoms with van der Waals surface area (Å²) in [4.78, 5) is 29.7. The van der Waals surface area contributed by atoms with Crippen molar-refractivity contribution in [2.24, 2.45) is 0 Å². The molecule has 2 amide bonds. The fourth-order valence-corrected chi connectivity index (χ4v) is 6.22. The number of sulfonamides is 1. The minimum Gasteiger partial charge on any atom is -0.492 e. The minimum absolute atomic E-state index is 0.0109. The van der Waals surface area contributed by atoms with Crippen molar-refractivity contribution in [3.8, 4) is 5.75 Å². The standard InChI is InChI=1S/C31H38ClN3O5S2/c1-6-22(3)33-31(37)23(4)34(20-24-12-8-9-13-27(24)32)30(36)21-35(28-14-10-11-15-29(28)40-7-2)42(38,39)26-18-16-25(41-5)17-19-26/h8-19,22-23H,6-7,20-21H2,1-5H3,(H,33,37). The lowest BCUT2D eigenvalue weighted by Gasteiger charge is -2.33. The number of nitrogens with one attached hydrogen (secondary N) is 1. The van der Waals surface area contributed by atoms with E-state index in [9.17, 15) is 18.0 Å². The van der Waals surface area contributed by atoms with Gasteiger partial charge in [-0.3, -0.25) is 13.9 Å². The number of benzene rings is 3. The number of hydrogen-bond acceptors (Lipinski definition) is 6. The fourth-order valence-electron chi connectivity index (χ4n) is 4.19. The third-order valence-corrected chi connectivity index (χ3v) is 9.71. The first-order valence-electron chi connectivity index (χ1n) is 13.7. The molecule has 42 heavy (non-hydrogen) atoms. The summed E-state index contributed by atoms with van der Waals surface area (Å²) in [5.41, 5.74) is 0.850. The van der Waals surface area contributed by atoms with E-state index in [2.05, 4.69) is 5.32 Å². The van der Waals surface area contributed by atoms with E-state index in [1.165, 1.54) is 28.8 Å². The van der Waals surface area contributed by atoms with Crippen LogP contribution in [0.2, 0.25) is 5.02 Å². The summed E-state index contributed by atoms with van der Waals surface area (Å²) in [5.74, 6) is -0.601. The van der Waals surface area contributed by atoms with E-state index in [0.29, 0.717) is 29.4 Å². The maximum Gasteiger partial charge on any atom is 0.264 e. The second kappa shape index (κ2) is 15.3. The Kier molecular flexibility index (Phi) is 12.1. The first kappa shape index (κ1) is 33.3. The SMILES string of the molecule is CCOc1ccccc1N(CC(=O)N(Cc1ccccc1Cl)C(C)C(=O)NC(C)CC)S(=O)(=O)c1ccc(SC)cc1. The average Bonchev–Trinajstić information content (AvgIpc) is 2.99. The number of anilines is 1. The summed E-state index contributed by atoms with van der Waals surface area (Å²) >= 11 is 7.93. The predicted octanol–water partition coefficient (Wildman–Crippen LogP) is 5.99. The number of carbonyl (C=O) groups is 2. The molecule has 0 aliphatic heterocycles. The zero-order valence-electron chi connectivity index (χ0n) is 24.5. The number of hydrogen-bond donors (Lipinski definition) is 1. The van der Waals surface area contributed by atoms with Gasteiger partial charge in [-0.2, -0.15) is 0 Å². The number of rotatable bonds is 14. The Balaban J connectivity index is 2.09. The van der Waals surface area contributed by atoms with Gasteiger partial charge < -0.3 is 15.0 Å². The minimum atomic E-state index is -4.23. The number of carbonyl (C=O) groups excluding carboxylic acids is 2. The van der Waals surface area contributed by atoms with Gasteiger partial charge in [0.2, 0.25) is 11.8 Å². The molecule has 3 aromatic rings. The molecule has 0 aromatic heterocycles. The van der Waals surface area contributed by atoms with E-state index in [-0.39, 0.29) is 29.1 Å². The lowest BCUT2D eigenvalue weighted by atomic mass is 10.1. The van der Waals surface area contributed by atoms with Crippen LogP contribution in [-0.4, -0.2) is 56.6 Å². The lowest BCUT2D eigenvalue weighted by molar-refractivity contribution is -0.139. The van der Waals surface area contributed by atoms with Gasteiger partial charge >= 0.3 is 0 Å². The molecule has 226 valence electrons. The highest BCUT2D eigenvalue weighted by molar-refractivity contribution is 7.98. The monoisotopic (exact) mass is 631 g/mol. The normalized spacial score (nSPS) is 12.7. The smallest absolute Gasteiger partial charge is 0.264 e. The van der Waals surface area contributed by atoms with Crippen molar-refractivity contribution in [2.75, 3.05) is 23.7 Å². The van der Waals surface area contributed by atoms with Crippen LogP contribution in [0, 0.1) is 0 Å². The van der Waals surface area contributed by atoms with Crippen molar-refractivity contribution in [3.05, 3.63) is 83.4 Å². The molecular formula is C31H38ClN3O5S2. The lowest BCUT2D eigenvalue weighted by Crippen LogP contribution is -2.52. The molecule has 3 aromatic carbocycles. The van der Waals surface area contributed by atoms with Crippen LogP contribution in [0.5, 0.6) is 5.75 Å². The molecule has 8 nitrogen and oxygen atoms in total. The van der Waals surface area contributed by atoms with E-state index in [1.54, 1.807) is 74.5 Å². The molecule has 0 saturated heterocycles. The fraction of sp³-hybridized carbons (Fsp3) is 0.355. The van der Waals surface area contributed by atoms with Crippen LogP contribution in [-0.2, 0) is 26.2 Å². The summed E-state index contributed by atoms with van der Waals surface area (Å²) in [7, 11) is -4.23. The summed E-state index contributed by atoms with van der Waals surface area (Å²) in [5, 5.41) is 3.36. The van der Waals surface area contributed by atoms with Crippen LogP contribution in [0.4, 0.5) is 5.69 Å². The van der Waals surface area contributed by atoms with E-state index in [0.717, 1.165) is 9.20 Å². The van der Waals surface area contributed by atoms with Gasteiger partial charge in [-0.1, -0.05) is 48.9 Å². The second-order valence-corrected chi connectivity index (χ2v) is 12.8. The van der Waals surface area contributed by atoms with Crippen LogP contribution in [0.3, 0.4) is 0 Å². The Morgan fingerprint density at radius 1 is 0.976 bits per heavy atom. The summed E-state index contributed by atoms with van der Waals surface area (Å²) in [6.07, 6.45) is 2.62. The number of nitrogens with zero attached hydrogens (tertiary/aromatic N) is 2. The molecule has 0 spiro atoms. The van der Waals surface area contributed by atoms with E-state index in [4.69, 9.17) is 16.3 Å². The van der Waals surface area contributed by atoms with Gasteiger partial charge in [0.25, 0.3) is 10.0 Å². The number of halogens is 1. The zero-order valence-corrected chi connectivity index (χ0v) is 26.9. The summed E-state index contributed by atoms with van der Waals surface area (Å²) in [6, 6.07) is 19.2. The zero-order chi connectivity index (χ0) is 30.9. The number of amides is 2. The number of thioether (sulfide) groups is 1. The summed E-state index contributed by atoms with van der Waals surface area (Å²) in [6.45, 7) is 7.00. The van der Waals surface area contributed by atoms with Crippen molar-refractivity contribution in [3.63, 3.8) is 0 Å². The van der Waals surface area contributed by atoms with Crippen LogP contribution in [0.25, 0.3) is 0 Å². The van der Waals surface area contributed by atoms with Gasteiger partial charge in [0.05, 0.1) is 17.2 Å². The van der Waals surface area contributed by atoms with Crippen LogP contribution in [0.1, 0.15) is 39.7 Å². The quantitative estimate of drug-likeness (QED) is 0.220. The maximum atomic E-state index is 14.1. The molecule has 11 heteroatoms. The second-order valence-electron chi connectivity index (χ2n) is 9.69. The molecule has 1 N–H and O–H groups in total. The van der Waals surface area contributed by atoms with Crippen molar-refractivity contribution >= 4 is 50.9 Å². The van der Waals surface area contributed by atoms with Gasteiger partial charge in [-0.05, 0) is 81.5 Å². The summed E-state index contributed by atoms with van der Waals surface area (Å²) < 4.78 is 35.1. The van der Waals surface area contributed by atoms with Crippen molar-refractivity contribution in [2.45, 2.75) is 62.5 Å². The highest BCUT2D eigenvalue weighted by Gasteiger charge is 2.34. The molecule has 0 fully saturated rings. The van der Waals surface area contributed by atoms with Gasteiger partial charge in [-0.15, -0.1) is 11.8 Å². The maximum absolute atomic E-state index is 14.1. The third kappa shape index (κ3) is 8.20. The van der Waals surface area contributed by atoms with Gasteiger partial charge in [0.15, 0.2) is 0 Å². The highest BCUT2D eigenvalue weighted by atomic mass is 35.5. The Morgan fingerprint density at radius 2 is 1.62 bits per heavy atom. The predicted molar refractivity (Wildman–Crippen MR) is 170 cm³/mol. The number of para-hydroxylation sites is 2. The largest absolute Gasteiger partial charge is 0.492 e. The van der Waals surface area contributed by atoms with Crippen LogP contribution < -0.4 is 14.4 Å². The average molecular weight is 632 g/mol. The molecule has 3 rings (SSSR count). The molecule has 0 heterocycles. The molecule has 0 saturated carbocycles. The molecule has 2 atom stereocenters. The molecule has 0 radical (unpaired) electrons. The Hall–Kier alpha value is -3.21.